The Hall–Kier alpha value is -3.47. The minimum absolute atomic E-state index is 0.235. The quantitative estimate of drug-likeness (QED) is 0.593. The van der Waals surface area contributed by atoms with E-state index in [-0.39, 0.29) is 17.5 Å². The average Bonchev–Trinajstić information content (AvgIpc) is 2.74. The van der Waals surface area contributed by atoms with Gasteiger partial charge in [0.25, 0.3) is 11.8 Å². The molecule has 0 spiro atoms. The Bertz CT molecular complexity index is 980. The molecule has 5 heteroatoms. The van der Waals surface area contributed by atoms with E-state index in [0.717, 1.165) is 29.7 Å². The van der Waals surface area contributed by atoms with E-state index in [1.807, 2.05) is 50.2 Å². The van der Waals surface area contributed by atoms with Crippen molar-refractivity contribution in [3.05, 3.63) is 94.8 Å². The molecule has 0 unspecified atom stereocenters. The van der Waals surface area contributed by atoms with Gasteiger partial charge < -0.3 is 10.6 Å². The first-order valence-electron chi connectivity index (χ1n) is 9.70. The second kappa shape index (κ2) is 9.64. The van der Waals surface area contributed by atoms with Crippen LogP contribution < -0.4 is 10.6 Å². The molecule has 0 aliphatic rings. The minimum atomic E-state index is -0.278. The Morgan fingerprint density at radius 1 is 0.897 bits per heavy atom. The Labute approximate surface area is 171 Å². The van der Waals surface area contributed by atoms with E-state index in [1.165, 1.54) is 17.8 Å². The smallest absolute Gasteiger partial charge is 0.269 e. The number of hydrogen-bond acceptors (Lipinski definition) is 3. The van der Waals surface area contributed by atoms with Gasteiger partial charge in [0, 0.05) is 24.0 Å². The number of anilines is 1. The summed E-state index contributed by atoms with van der Waals surface area (Å²) in [7, 11) is 0. The highest BCUT2D eigenvalue weighted by Gasteiger charge is 2.13. The van der Waals surface area contributed by atoms with Gasteiger partial charge in [0.05, 0.1) is 0 Å². The predicted molar refractivity (Wildman–Crippen MR) is 115 cm³/mol. The summed E-state index contributed by atoms with van der Waals surface area (Å²) in [5, 5.41) is 5.80. The van der Waals surface area contributed by atoms with E-state index in [2.05, 4.69) is 27.8 Å². The number of hydrogen-bond donors (Lipinski definition) is 2. The van der Waals surface area contributed by atoms with Gasteiger partial charge in [-0.2, -0.15) is 0 Å². The van der Waals surface area contributed by atoms with E-state index in [4.69, 9.17) is 0 Å². The molecule has 0 radical (unpaired) electrons. The zero-order valence-electron chi connectivity index (χ0n) is 16.7. The molecule has 2 amide bonds. The summed E-state index contributed by atoms with van der Waals surface area (Å²) < 4.78 is 0. The number of amides is 2. The van der Waals surface area contributed by atoms with E-state index in [9.17, 15) is 9.59 Å². The minimum Gasteiger partial charge on any atom is -0.351 e. The zero-order chi connectivity index (χ0) is 20.6. The number of benzene rings is 2. The molecule has 148 valence electrons. The van der Waals surface area contributed by atoms with Crippen LogP contribution in [0.25, 0.3) is 0 Å². The van der Waals surface area contributed by atoms with Crippen molar-refractivity contribution in [2.24, 2.45) is 0 Å². The van der Waals surface area contributed by atoms with Crippen LogP contribution in [0.5, 0.6) is 0 Å². The number of para-hydroxylation sites is 1. The topological polar surface area (TPSA) is 71.1 Å². The standard InChI is InChI=1S/C24H25N3O2/c1-17-8-6-9-18(2)22(17)27-23(28)20-13-15-25-21(16-20)24(29)26-14-7-12-19-10-4-3-5-11-19/h3-6,8-11,13,15-16H,7,12,14H2,1-2H3,(H,26,29)(H,27,28). The van der Waals surface area contributed by atoms with Crippen LogP contribution in [0.2, 0.25) is 0 Å². The number of rotatable bonds is 7. The van der Waals surface area contributed by atoms with E-state index < -0.39 is 0 Å². The molecular formula is C24H25N3O2. The van der Waals surface area contributed by atoms with Gasteiger partial charge in [-0.15, -0.1) is 0 Å². The van der Waals surface area contributed by atoms with Crippen LogP contribution in [-0.4, -0.2) is 23.3 Å². The lowest BCUT2D eigenvalue weighted by Crippen LogP contribution is -2.26. The van der Waals surface area contributed by atoms with Gasteiger partial charge in [0.15, 0.2) is 0 Å². The van der Waals surface area contributed by atoms with E-state index in [1.54, 1.807) is 6.07 Å². The summed E-state index contributed by atoms with van der Waals surface area (Å²) >= 11 is 0. The molecular weight excluding hydrogens is 362 g/mol. The van der Waals surface area contributed by atoms with Crippen molar-refractivity contribution in [1.29, 1.82) is 0 Å². The van der Waals surface area contributed by atoms with Crippen molar-refractivity contribution in [3.63, 3.8) is 0 Å². The molecule has 29 heavy (non-hydrogen) atoms. The molecule has 2 aromatic carbocycles. The monoisotopic (exact) mass is 387 g/mol. The number of nitrogens with one attached hydrogen (secondary N) is 2. The molecule has 5 nitrogen and oxygen atoms in total. The van der Waals surface area contributed by atoms with Crippen molar-refractivity contribution in [1.82, 2.24) is 10.3 Å². The highest BCUT2D eigenvalue weighted by Crippen LogP contribution is 2.20. The number of nitrogens with zero attached hydrogens (tertiary/aromatic N) is 1. The van der Waals surface area contributed by atoms with Crippen molar-refractivity contribution in [2.75, 3.05) is 11.9 Å². The second-order valence-corrected chi connectivity index (χ2v) is 7.00. The fraction of sp³-hybridized carbons (Fsp3) is 0.208. The average molecular weight is 387 g/mol. The molecule has 0 bridgehead atoms. The maximum Gasteiger partial charge on any atom is 0.269 e. The zero-order valence-corrected chi connectivity index (χ0v) is 16.7. The van der Waals surface area contributed by atoms with E-state index in [0.29, 0.717) is 12.1 Å². The number of pyridine rings is 1. The second-order valence-electron chi connectivity index (χ2n) is 7.00. The molecule has 3 rings (SSSR count). The molecule has 0 atom stereocenters. The number of aromatic nitrogens is 1. The van der Waals surface area contributed by atoms with Gasteiger partial charge in [-0.1, -0.05) is 48.5 Å². The van der Waals surface area contributed by atoms with E-state index >= 15 is 0 Å². The highest BCUT2D eigenvalue weighted by molar-refractivity contribution is 6.06. The lowest BCUT2D eigenvalue weighted by Gasteiger charge is -2.12. The van der Waals surface area contributed by atoms with Crippen LogP contribution in [0.3, 0.4) is 0 Å². The van der Waals surface area contributed by atoms with Crippen molar-refractivity contribution in [3.8, 4) is 0 Å². The lowest BCUT2D eigenvalue weighted by molar-refractivity contribution is 0.0948. The summed E-state index contributed by atoms with van der Waals surface area (Å²) in [4.78, 5) is 29.1. The summed E-state index contributed by atoms with van der Waals surface area (Å²) in [5.41, 5.74) is 4.65. The fourth-order valence-electron chi connectivity index (χ4n) is 3.12. The Morgan fingerprint density at radius 2 is 1.62 bits per heavy atom. The van der Waals surface area contributed by atoms with Gasteiger partial charge in [-0.3, -0.25) is 14.6 Å². The molecule has 1 heterocycles. The first-order valence-corrected chi connectivity index (χ1v) is 9.70. The maximum absolute atomic E-state index is 12.6. The molecule has 0 aliphatic carbocycles. The third-order valence-electron chi connectivity index (χ3n) is 4.75. The summed E-state index contributed by atoms with van der Waals surface area (Å²) in [6.07, 6.45) is 3.22. The van der Waals surface area contributed by atoms with Gasteiger partial charge in [-0.25, -0.2) is 0 Å². The Kier molecular flexibility index (Phi) is 6.74. The molecule has 2 N–H and O–H groups in total. The molecule has 0 fully saturated rings. The van der Waals surface area contributed by atoms with Crippen LogP contribution in [0.4, 0.5) is 5.69 Å². The van der Waals surface area contributed by atoms with Crippen molar-refractivity contribution < 1.29 is 9.59 Å². The van der Waals surface area contributed by atoms with Gasteiger partial charge in [-0.05, 0) is 55.5 Å². The van der Waals surface area contributed by atoms with Gasteiger partial charge in [0.2, 0.25) is 0 Å². The van der Waals surface area contributed by atoms with Crippen LogP contribution in [-0.2, 0) is 6.42 Å². The highest BCUT2D eigenvalue weighted by atomic mass is 16.2. The van der Waals surface area contributed by atoms with Gasteiger partial charge >= 0.3 is 0 Å². The van der Waals surface area contributed by atoms with Crippen molar-refractivity contribution >= 4 is 17.5 Å². The lowest BCUT2D eigenvalue weighted by atomic mass is 10.1. The largest absolute Gasteiger partial charge is 0.351 e. The first-order chi connectivity index (χ1) is 14.0. The number of aryl methyl sites for hydroxylation is 3. The molecule has 1 aromatic heterocycles. The van der Waals surface area contributed by atoms with Crippen molar-refractivity contribution in [2.45, 2.75) is 26.7 Å². The number of carbonyl (C=O) groups is 2. The predicted octanol–water partition coefficient (Wildman–Crippen LogP) is 4.31. The SMILES string of the molecule is Cc1cccc(C)c1NC(=O)c1ccnc(C(=O)NCCCc2ccccc2)c1. The molecule has 3 aromatic rings. The van der Waals surface area contributed by atoms with Crippen LogP contribution in [0, 0.1) is 13.8 Å². The first kappa shape index (κ1) is 20.3. The normalized spacial score (nSPS) is 10.4. The summed E-state index contributed by atoms with van der Waals surface area (Å²) in [5.74, 6) is -0.539. The summed E-state index contributed by atoms with van der Waals surface area (Å²) in [6, 6.07) is 19.1. The van der Waals surface area contributed by atoms with Gasteiger partial charge in [0.1, 0.15) is 5.69 Å². The Balaban J connectivity index is 1.58. The van der Waals surface area contributed by atoms with Crippen LogP contribution >= 0.6 is 0 Å². The molecule has 0 saturated heterocycles. The maximum atomic E-state index is 12.6. The van der Waals surface area contributed by atoms with Crippen LogP contribution in [0.15, 0.2) is 66.9 Å². The third kappa shape index (κ3) is 5.51. The fourth-order valence-corrected chi connectivity index (χ4v) is 3.12. The molecule has 0 saturated carbocycles. The Morgan fingerprint density at radius 3 is 2.34 bits per heavy atom. The van der Waals surface area contributed by atoms with Crippen LogP contribution in [0.1, 0.15) is 44.0 Å². The summed E-state index contributed by atoms with van der Waals surface area (Å²) in [6.45, 7) is 4.45. The number of carbonyl (C=O) groups excluding carboxylic acids is 2. The third-order valence-corrected chi connectivity index (χ3v) is 4.75. The molecule has 0 aliphatic heterocycles.